The number of rotatable bonds is 3. The van der Waals surface area contributed by atoms with Crippen LogP contribution < -0.4 is 0 Å². The third kappa shape index (κ3) is 2.53. The molecule has 5 heteroatoms. The molecule has 1 spiro atoms. The normalized spacial score (nSPS) is 36.6. The highest BCUT2D eigenvalue weighted by Gasteiger charge is 2.52. The SMILES string of the molecule is CC1CC1C(=O)N1CC2(CCC(CN3CCCC3=O)CO2)C1. The number of nitrogens with zero attached hydrogens (tertiary/aromatic N) is 2. The highest BCUT2D eigenvalue weighted by atomic mass is 16.5. The zero-order valence-corrected chi connectivity index (χ0v) is 13.4. The Morgan fingerprint density at radius 1 is 1.41 bits per heavy atom. The Kier molecular flexibility index (Phi) is 3.44. The summed E-state index contributed by atoms with van der Waals surface area (Å²) in [6.07, 6.45) is 4.94. The van der Waals surface area contributed by atoms with Crippen LogP contribution in [0.2, 0.25) is 0 Å². The summed E-state index contributed by atoms with van der Waals surface area (Å²) in [4.78, 5) is 27.9. The summed E-state index contributed by atoms with van der Waals surface area (Å²) in [7, 11) is 0. The number of carbonyl (C=O) groups excluding carboxylic acids is 2. The van der Waals surface area contributed by atoms with Gasteiger partial charge in [0.1, 0.15) is 5.60 Å². The van der Waals surface area contributed by atoms with E-state index >= 15 is 0 Å². The van der Waals surface area contributed by atoms with E-state index in [4.69, 9.17) is 4.74 Å². The molecule has 0 radical (unpaired) electrons. The molecule has 3 unspecified atom stereocenters. The van der Waals surface area contributed by atoms with Crippen LogP contribution in [0.4, 0.5) is 0 Å². The summed E-state index contributed by atoms with van der Waals surface area (Å²) in [5, 5.41) is 0. The first-order chi connectivity index (χ1) is 10.6. The van der Waals surface area contributed by atoms with Crippen molar-refractivity contribution in [1.82, 2.24) is 9.80 Å². The Bertz CT molecular complexity index is 476. The molecule has 122 valence electrons. The third-order valence-electron chi connectivity index (χ3n) is 5.98. The highest BCUT2D eigenvalue weighted by molar-refractivity contribution is 5.82. The molecule has 0 aromatic rings. The van der Waals surface area contributed by atoms with Crippen molar-refractivity contribution in [1.29, 1.82) is 0 Å². The van der Waals surface area contributed by atoms with Crippen LogP contribution in [0, 0.1) is 17.8 Å². The molecule has 4 aliphatic rings. The van der Waals surface area contributed by atoms with E-state index in [9.17, 15) is 9.59 Å². The van der Waals surface area contributed by atoms with Crippen molar-refractivity contribution in [3.8, 4) is 0 Å². The van der Waals surface area contributed by atoms with Crippen LogP contribution in [0.1, 0.15) is 39.0 Å². The molecule has 5 nitrogen and oxygen atoms in total. The molecule has 0 bridgehead atoms. The first-order valence-electron chi connectivity index (χ1n) is 8.77. The van der Waals surface area contributed by atoms with Gasteiger partial charge in [0.05, 0.1) is 19.7 Å². The van der Waals surface area contributed by atoms with Gasteiger partial charge < -0.3 is 14.5 Å². The molecular formula is C17H26N2O3. The maximum Gasteiger partial charge on any atom is 0.226 e. The fourth-order valence-electron chi connectivity index (χ4n) is 4.23. The summed E-state index contributed by atoms with van der Waals surface area (Å²) < 4.78 is 6.14. The lowest BCUT2D eigenvalue weighted by molar-refractivity contribution is -0.190. The van der Waals surface area contributed by atoms with Crippen LogP contribution in [0.5, 0.6) is 0 Å². The Morgan fingerprint density at radius 3 is 2.73 bits per heavy atom. The van der Waals surface area contributed by atoms with Gasteiger partial charge in [-0.1, -0.05) is 6.92 Å². The van der Waals surface area contributed by atoms with Crippen molar-refractivity contribution in [2.24, 2.45) is 17.8 Å². The zero-order valence-electron chi connectivity index (χ0n) is 13.4. The molecular weight excluding hydrogens is 280 g/mol. The van der Waals surface area contributed by atoms with E-state index in [-0.39, 0.29) is 11.5 Å². The predicted molar refractivity (Wildman–Crippen MR) is 81.1 cm³/mol. The molecule has 3 saturated heterocycles. The Morgan fingerprint density at radius 2 is 2.18 bits per heavy atom. The molecule has 3 aliphatic heterocycles. The standard InChI is InChI=1S/C17H26N2O3/c1-12-7-14(12)16(21)19-10-17(11-19)5-4-13(9-22-17)8-18-6-2-3-15(18)20/h12-14H,2-11H2,1H3. The van der Waals surface area contributed by atoms with Gasteiger partial charge in [-0.15, -0.1) is 0 Å². The fourth-order valence-corrected chi connectivity index (χ4v) is 4.23. The van der Waals surface area contributed by atoms with Gasteiger partial charge >= 0.3 is 0 Å². The first-order valence-corrected chi connectivity index (χ1v) is 8.77. The molecule has 0 N–H and O–H groups in total. The number of likely N-dealkylation sites (tertiary alicyclic amines) is 2. The molecule has 1 saturated carbocycles. The van der Waals surface area contributed by atoms with Crippen molar-refractivity contribution >= 4 is 11.8 Å². The minimum Gasteiger partial charge on any atom is -0.371 e. The topological polar surface area (TPSA) is 49.9 Å². The molecule has 1 aliphatic carbocycles. The smallest absolute Gasteiger partial charge is 0.226 e. The predicted octanol–water partition coefficient (Wildman–Crippen LogP) is 1.27. The summed E-state index contributed by atoms with van der Waals surface area (Å²) in [5.41, 5.74) is -0.0701. The monoisotopic (exact) mass is 306 g/mol. The molecule has 0 aromatic carbocycles. The molecule has 4 rings (SSSR count). The summed E-state index contributed by atoms with van der Waals surface area (Å²) in [6, 6.07) is 0. The first kappa shape index (κ1) is 14.5. The van der Waals surface area contributed by atoms with Gasteiger partial charge in [-0.2, -0.15) is 0 Å². The maximum absolute atomic E-state index is 12.2. The van der Waals surface area contributed by atoms with Gasteiger partial charge in [0.15, 0.2) is 0 Å². The largest absolute Gasteiger partial charge is 0.371 e. The van der Waals surface area contributed by atoms with Gasteiger partial charge in [0.2, 0.25) is 11.8 Å². The van der Waals surface area contributed by atoms with Crippen LogP contribution in [0.25, 0.3) is 0 Å². The van der Waals surface area contributed by atoms with Crippen molar-refractivity contribution in [2.45, 2.75) is 44.6 Å². The minimum absolute atomic E-state index is 0.0701. The van der Waals surface area contributed by atoms with Gasteiger partial charge in [0, 0.05) is 31.3 Å². The summed E-state index contributed by atoms with van der Waals surface area (Å²) >= 11 is 0. The van der Waals surface area contributed by atoms with Crippen LogP contribution in [-0.4, -0.2) is 60.0 Å². The minimum atomic E-state index is -0.0701. The Labute approximate surface area is 132 Å². The second-order valence-electron chi connectivity index (χ2n) is 7.86. The summed E-state index contributed by atoms with van der Waals surface area (Å²) in [6.45, 7) is 6.24. The Balaban J connectivity index is 1.23. The van der Waals surface area contributed by atoms with Crippen molar-refractivity contribution in [3.63, 3.8) is 0 Å². The van der Waals surface area contributed by atoms with E-state index in [0.717, 1.165) is 58.5 Å². The molecule has 2 amide bonds. The quantitative estimate of drug-likeness (QED) is 0.789. The zero-order chi connectivity index (χ0) is 15.3. The average molecular weight is 306 g/mol. The van der Waals surface area contributed by atoms with Gasteiger partial charge in [-0.05, 0) is 31.6 Å². The number of carbonyl (C=O) groups is 2. The molecule has 0 aromatic heterocycles. The summed E-state index contributed by atoms with van der Waals surface area (Å²) in [5.74, 6) is 1.99. The second-order valence-corrected chi connectivity index (χ2v) is 7.86. The van der Waals surface area contributed by atoms with E-state index in [1.54, 1.807) is 0 Å². The van der Waals surface area contributed by atoms with E-state index in [0.29, 0.717) is 30.1 Å². The fraction of sp³-hybridized carbons (Fsp3) is 0.882. The highest BCUT2D eigenvalue weighted by Crippen LogP contribution is 2.43. The van der Waals surface area contributed by atoms with Crippen molar-refractivity contribution in [2.75, 3.05) is 32.8 Å². The van der Waals surface area contributed by atoms with Crippen LogP contribution >= 0.6 is 0 Å². The number of ether oxygens (including phenoxy) is 1. The molecule has 22 heavy (non-hydrogen) atoms. The number of hydrogen-bond donors (Lipinski definition) is 0. The second kappa shape index (κ2) is 5.22. The van der Waals surface area contributed by atoms with Crippen LogP contribution in [0.15, 0.2) is 0 Å². The van der Waals surface area contributed by atoms with Crippen molar-refractivity contribution in [3.05, 3.63) is 0 Å². The third-order valence-corrected chi connectivity index (χ3v) is 5.98. The van der Waals surface area contributed by atoms with Crippen molar-refractivity contribution < 1.29 is 14.3 Å². The lowest BCUT2D eigenvalue weighted by Gasteiger charge is -2.53. The van der Waals surface area contributed by atoms with E-state index in [2.05, 4.69) is 6.92 Å². The van der Waals surface area contributed by atoms with Gasteiger partial charge in [0.25, 0.3) is 0 Å². The van der Waals surface area contributed by atoms with E-state index in [1.807, 2.05) is 9.80 Å². The number of hydrogen-bond acceptors (Lipinski definition) is 3. The van der Waals surface area contributed by atoms with E-state index in [1.165, 1.54) is 0 Å². The van der Waals surface area contributed by atoms with Gasteiger partial charge in [-0.3, -0.25) is 9.59 Å². The molecule has 3 atom stereocenters. The average Bonchev–Trinajstić information content (AvgIpc) is 3.08. The lowest BCUT2D eigenvalue weighted by atomic mass is 9.82. The maximum atomic E-state index is 12.2. The van der Waals surface area contributed by atoms with Gasteiger partial charge in [-0.25, -0.2) is 0 Å². The van der Waals surface area contributed by atoms with Crippen LogP contribution in [-0.2, 0) is 14.3 Å². The van der Waals surface area contributed by atoms with E-state index < -0.39 is 0 Å². The molecule has 3 heterocycles. The Hall–Kier alpha value is -1.10. The number of amides is 2. The lowest BCUT2D eigenvalue weighted by Crippen LogP contribution is -2.66. The van der Waals surface area contributed by atoms with Crippen LogP contribution in [0.3, 0.4) is 0 Å². The molecule has 4 fully saturated rings.